The molecule has 0 fully saturated rings. The molecule has 1 heterocycles. The van der Waals surface area contributed by atoms with Crippen molar-refractivity contribution in [3.8, 4) is 22.6 Å². The lowest BCUT2D eigenvalue weighted by Crippen LogP contribution is -1.96. The molecule has 3 rings (SSSR count). The Morgan fingerprint density at radius 1 is 0.950 bits per heavy atom. The summed E-state index contributed by atoms with van der Waals surface area (Å²) in [5, 5.41) is 10.2. The van der Waals surface area contributed by atoms with Crippen molar-refractivity contribution in [2.24, 2.45) is 0 Å². The zero-order valence-corrected chi connectivity index (χ0v) is 12.5. The zero-order chi connectivity index (χ0) is 14.1. The van der Waals surface area contributed by atoms with Gasteiger partial charge in [0.15, 0.2) is 5.82 Å². The highest BCUT2D eigenvalue weighted by atomic mass is 79.9. The summed E-state index contributed by atoms with van der Waals surface area (Å²) in [6.45, 7) is 1.86. The van der Waals surface area contributed by atoms with E-state index in [4.69, 9.17) is 0 Å². The monoisotopic (exact) mass is 328 g/mol. The van der Waals surface area contributed by atoms with Crippen LogP contribution < -0.4 is 0 Å². The predicted molar refractivity (Wildman–Crippen MR) is 82.7 cm³/mol. The molecule has 0 bridgehead atoms. The van der Waals surface area contributed by atoms with Gasteiger partial charge in [0.1, 0.15) is 0 Å². The maximum Gasteiger partial charge on any atom is 0.176 e. The van der Waals surface area contributed by atoms with E-state index in [1.165, 1.54) is 0 Å². The van der Waals surface area contributed by atoms with Crippen molar-refractivity contribution in [1.82, 2.24) is 9.71 Å². The molecule has 2 aromatic carbocycles. The second kappa shape index (κ2) is 5.13. The molecule has 0 atom stereocenters. The normalized spacial score (nSPS) is 10.7. The first-order chi connectivity index (χ1) is 9.66. The fourth-order valence-electron chi connectivity index (χ4n) is 2.15. The predicted octanol–water partition coefficient (Wildman–Crippen LogP) is 4.53. The van der Waals surface area contributed by atoms with Gasteiger partial charge in [0.05, 0.1) is 11.4 Å². The summed E-state index contributed by atoms with van der Waals surface area (Å²) in [6.07, 6.45) is 0. The molecular formula is C16H13BrN2O. The van der Waals surface area contributed by atoms with Gasteiger partial charge in [-0.3, -0.25) is 0 Å². The minimum Gasteiger partial charge on any atom is -0.427 e. The molecule has 0 amide bonds. The number of aromatic nitrogens is 2. The van der Waals surface area contributed by atoms with E-state index in [0.29, 0.717) is 5.82 Å². The van der Waals surface area contributed by atoms with Crippen LogP contribution in [-0.4, -0.2) is 14.9 Å². The van der Waals surface area contributed by atoms with Gasteiger partial charge in [0.25, 0.3) is 0 Å². The zero-order valence-electron chi connectivity index (χ0n) is 10.9. The summed E-state index contributed by atoms with van der Waals surface area (Å²) in [6, 6.07) is 17.6. The number of benzene rings is 2. The number of hydrogen-bond donors (Lipinski definition) is 1. The number of nitrogens with zero attached hydrogens (tertiary/aromatic N) is 2. The lowest BCUT2D eigenvalue weighted by molar-refractivity contribution is 0.185. The van der Waals surface area contributed by atoms with Crippen LogP contribution in [0.5, 0.6) is 0 Å². The number of rotatable bonds is 2. The van der Waals surface area contributed by atoms with E-state index in [9.17, 15) is 5.21 Å². The summed E-state index contributed by atoms with van der Waals surface area (Å²) in [5.74, 6) is 0.550. The second-order valence-electron chi connectivity index (χ2n) is 4.55. The standard InChI is InChI=1S/C16H13BrN2O/c1-11-15(12-5-3-2-4-6-12)18-16(19(11)20)13-7-9-14(17)10-8-13/h2-10,20H,1H3. The Balaban J connectivity index is 2.13. The quantitative estimate of drug-likeness (QED) is 0.702. The van der Waals surface area contributed by atoms with E-state index >= 15 is 0 Å². The van der Waals surface area contributed by atoms with Gasteiger partial charge in [0, 0.05) is 15.6 Å². The third kappa shape index (κ3) is 2.23. The molecule has 100 valence electrons. The van der Waals surface area contributed by atoms with Crippen LogP contribution in [0.3, 0.4) is 0 Å². The van der Waals surface area contributed by atoms with E-state index in [1.54, 1.807) is 0 Å². The van der Waals surface area contributed by atoms with Crippen LogP contribution in [-0.2, 0) is 0 Å². The Hall–Kier alpha value is -2.07. The summed E-state index contributed by atoms with van der Waals surface area (Å²) in [5.41, 5.74) is 3.40. The summed E-state index contributed by atoms with van der Waals surface area (Å²) >= 11 is 3.40. The van der Waals surface area contributed by atoms with Crippen LogP contribution in [0.2, 0.25) is 0 Å². The summed E-state index contributed by atoms with van der Waals surface area (Å²) < 4.78 is 2.14. The lowest BCUT2D eigenvalue weighted by atomic mass is 10.1. The van der Waals surface area contributed by atoms with Crippen LogP contribution in [0.25, 0.3) is 22.6 Å². The molecule has 1 N–H and O–H groups in total. The molecule has 0 aliphatic heterocycles. The molecule has 3 nitrogen and oxygen atoms in total. The fraction of sp³-hybridized carbons (Fsp3) is 0.0625. The molecule has 1 aromatic heterocycles. The molecular weight excluding hydrogens is 316 g/mol. The van der Waals surface area contributed by atoms with Crippen LogP contribution in [0.15, 0.2) is 59.1 Å². The molecule has 0 aliphatic rings. The minimum atomic E-state index is 0.550. The van der Waals surface area contributed by atoms with E-state index in [-0.39, 0.29) is 0 Å². The fourth-order valence-corrected chi connectivity index (χ4v) is 2.41. The largest absolute Gasteiger partial charge is 0.427 e. The van der Waals surface area contributed by atoms with Gasteiger partial charge in [-0.1, -0.05) is 58.4 Å². The third-order valence-electron chi connectivity index (χ3n) is 3.23. The van der Waals surface area contributed by atoms with Crippen molar-refractivity contribution < 1.29 is 5.21 Å². The Labute approximate surface area is 125 Å². The highest BCUT2D eigenvalue weighted by Gasteiger charge is 2.15. The smallest absolute Gasteiger partial charge is 0.176 e. The molecule has 0 aliphatic carbocycles. The van der Waals surface area contributed by atoms with Gasteiger partial charge in [-0.25, -0.2) is 4.98 Å². The average molecular weight is 329 g/mol. The second-order valence-corrected chi connectivity index (χ2v) is 5.47. The summed E-state index contributed by atoms with van der Waals surface area (Å²) in [7, 11) is 0. The maximum atomic E-state index is 10.2. The van der Waals surface area contributed by atoms with Crippen molar-refractivity contribution >= 4 is 15.9 Å². The van der Waals surface area contributed by atoms with Gasteiger partial charge in [-0.15, -0.1) is 0 Å². The Bertz CT molecular complexity index is 733. The average Bonchev–Trinajstić information content (AvgIpc) is 2.77. The van der Waals surface area contributed by atoms with Crippen molar-refractivity contribution in [3.05, 3.63) is 64.8 Å². The molecule has 0 spiro atoms. The van der Waals surface area contributed by atoms with Gasteiger partial charge >= 0.3 is 0 Å². The van der Waals surface area contributed by atoms with Crippen molar-refractivity contribution in [2.75, 3.05) is 0 Å². The van der Waals surface area contributed by atoms with Crippen LogP contribution in [0.1, 0.15) is 5.69 Å². The molecule has 0 unspecified atom stereocenters. The van der Waals surface area contributed by atoms with Gasteiger partial charge in [0.2, 0.25) is 0 Å². The SMILES string of the molecule is Cc1c(-c2ccccc2)nc(-c2ccc(Br)cc2)n1O. The molecule has 0 radical (unpaired) electrons. The molecule has 3 aromatic rings. The van der Waals surface area contributed by atoms with E-state index in [0.717, 1.165) is 31.7 Å². The number of halogens is 1. The van der Waals surface area contributed by atoms with Crippen molar-refractivity contribution in [2.45, 2.75) is 6.92 Å². The highest BCUT2D eigenvalue weighted by Crippen LogP contribution is 2.28. The first-order valence-corrected chi connectivity index (χ1v) is 7.06. The summed E-state index contributed by atoms with van der Waals surface area (Å²) in [4.78, 5) is 4.58. The first kappa shape index (κ1) is 12.9. The highest BCUT2D eigenvalue weighted by molar-refractivity contribution is 9.10. The topological polar surface area (TPSA) is 38.0 Å². The molecule has 20 heavy (non-hydrogen) atoms. The van der Waals surface area contributed by atoms with Gasteiger partial charge < -0.3 is 5.21 Å². The molecule has 0 saturated heterocycles. The van der Waals surface area contributed by atoms with Crippen LogP contribution in [0, 0.1) is 6.92 Å². The van der Waals surface area contributed by atoms with E-state index < -0.39 is 0 Å². The van der Waals surface area contributed by atoms with Gasteiger partial charge in [-0.05, 0) is 19.1 Å². The maximum absolute atomic E-state index is 10.2. The van der Waals surface area contributed by atoms with Gasteiger partial charge in [-0.2, -0.15) is 4.73 Å². The van der Waals surface area contributed by atoms with E-state index in [2.05, 4.69) is 20.9 Å². The van der Waals surface area contributed by atoms with Crippen LogP contribution in [0.4, 0.5) is 0 Å². The van der Waals surface area contributed by atoms with E-state index in [1.807, 2.05) is 61.5 Å². The number of imidazole rings is 1. The Kier molecular flexibility index (Phi) is 3.32. The Morgan fingerprint density at radius 2 is 1.60 bits per heavy atom. The number of hydrogen-bond acceptors (Lipinski definition) is 2. The van der Waals surface area contributed by atoms with Crippen LogP contribution >= 0.6 is 15.9 Å². The lowest BCUT2D eigenvalue weighted by Gasteiger charge is -2.01. The minimum absolute atomic E-state index is 0.550. The molecule has 4 heteroatoms. The van der Waals surface area contributed by atoms with Crippen molar-refractivity contribution in [3.63, 3.8) is 0 Å². The van der Waals surface area contributed by atoms with Crippen molar-refractivity contribution in [1.29, 1.82) is 0 Å². The third-order valence-corrected chi connectivity index (χ3v) is 3.76. The first-order valence-electron chi connectivity index (χ1n) is 6.27. The Morgan fingerprint density at radius 3 is 2.25 bits per heavy atom. The molecule has 0 saturated carbocycles.